The molecular weight excluding hydrogens is 312 g/mol. The van der Waals surface area contributed by atoms with Gasteiger partial charge in [0.15, 0.2) is 5.13 Å². The fourth-order valence-electron chi connectivity index (χ4n) is 1.95. The first kappa shape index (κ1) is 16.9. The fraction of sp³-hybridized carbons (Fsp3) is 0.235. The van der Waals surface area contributed by atoms with Crippen LogP contribution in [-0.4, -0.2) is 24.0 Å². The molecule has 0 aliphatic rings. The largest absolute Gasteiger partial charge is 0.469 e. The van der Waals surface area contributed by atoms with Crippen LogP contribution >= 0.6 is 11.3 Å². The normalized spacial score (nSPS) is 10.0. The van der Waals surface area contributed by atoms with Gasteiger partial charge in [-0.15, -0.1) is 11.3 Å². The van der Waals surface area contributed by atoms with Crippen molar-refractivity contribution < 1.29 is 14.3 Å². The summed E-state index contributed by atoms with van der Waals surface area (Å²) in [6, 6.07) is 9.54. The van der Waals surface area contributed by atoms with Crippen LogP contribution in [0.1, 0.15) is 18.7 Å². The van der Waals surface area contributed by atoms with Gasteiger partial charge in [-0.2, -0.15) is 0 Å². The van der Waals surface area contributed by atoms with Gasteiger partial charge >= 0.3 is 5.97 Å². The van der Waals surface area contributed by atoms with Crippen molar-refractivity contribution in [3.05, 3.63) is 46.9 Å². The van der Waals surface area contributed by atoms with Gasteiger partial charge in [0.2, 0.25) is 5.91 Å². The summed E-state index contributed by atoms with van der Waals surface area (Å²) in [6.07, 6.45) is 1.63. The molecule has 2 aromatic rings. The summed E-state index contributed by atoms with van der Waals surface area (Å²) in [4.78, 5) is 28.7. The molecule has 0 unspecified atom stereocenters. The highest BCUT2D eigenvalue weighted by Gasteiger charge is 2.17. The molecule has 0 spiro atoms. The molecule has 2 rings (SSSR count). The second-order valence-electron chi connectivity index (χ2n) is 5.12. The van der Waals surface area contributed by atoms with E-state index in [0.717, 1.165) is 16.0 Å². The van der Waals surface area contributed by atoms with E-state index in [-0.39, 0.29) is 18.3 Å². The number of carbonyl (C=O) groups excluding carboxylic acids is 2. The maximum absolute atomic E-state index is 11.8. The number of rotatable bonds is 5. The Labute approximate surface area is 139 Å². The molecule has 0 bridgehead atoms. The first-order chi connectivity index (χ1) is 11.0. The molecule has 0 fully saturated rings. The number of esters is 1. The molecule has 1 aromatic heterocycles. The molecule has 1 amide bonds. The zero-order valence-electron chi connectivity index (χ0n) is 13.3. The monoisotopic (exact) mass is 330 g/mol. The molecule has 0 saturated heterocycles. The second-order valence-corrected chi connectivity index (χ2v) is 6.20. The predicted molar refractivity (Wildman–Crippen MR) is 91.3 cm³/mol. The SMILES string of the molecule is COC(=O)Cc1sc(NC(=O)C=C(C)C)nc1-c1ccccc1. The van der Waals surface area contributed by atoms with Crippen LogP contribution in [0.25, 0.3) is 11.3 Å². The Bertz CT molecular complexity index is 732. The van der Waals surface area contributed by atoms with Crippen LogP contribution in [-0.2, 0) is 20.7 Å². The lowest BCUT2D eigenvalue weighted by atomic mass is 10.1. The third kappa shape index (κ3) is 4.75. The Kier molecular flexibility index (Phi) is 5.65. The fourth-order valence-corrected chi connectivity index (χ4v) is 2.93. The highest BCUT2D eigenvalue weighted by molar-refractivity contribution is 7.16. The summed E-state index contributed by atoms with van der Waals surface area (Å²) in [6.45, 7) is 3.69. The third-order valence-corrected chi connectivity index (χ3v) is 3.90. The van der Waals surface area contributed by atoms with Crippen LogP contribution in [0.15, 0.2) is 42.0 Å². The number of anilines is 1. The average Bonchev–Trinajstić information content (AvgIpc) is 2.89. The first-order valence-corrected chi connectivity index (χ1v) is 7.89. The summed E-state index contributed by atoms with van der Waals surface area (Å²) < 4.78 is 4.73. The quantitative estimate of drug-likeness (QED) is 0.673. The van der Waals surface area contributed by atoms with Crippen molar-refractivity contribution in [1.29, 1.82) is 0 Å². The van der Waals surface area contributed by atoms with Gasteiger partial charge in [-0.3, -0.25) is 14.9 Å². The van der Waals surface area contributed by atoms with Gasteiger partial charge in [0, 0.05) is 16.5 Å². The molecule has 120 valence electrons. The number of aromatic nitrogens is 1. The molecule has 1 aromatic carbocycles. The maximum atomic E-state index is 11.8. The van der Waals surface area contributed by atoms with Gasteiger partial charge in [-0.25, -0.2) is 4.98 Å². The van der Waals surface area contributed by atoms with E-state index in [2.05, 4.69) is 10.3 Å². The second kappa shape index (κ2) is 7.69. The summed E-state index contributed by atoms with van der Waals surface area (Å²) >= 11 is 1.28. The van der Waals surface area contributed by atoms with E-state index in [9.17, 15) is 9.59 Å². The lowest BCUT2D eigenvalue weighted by Crippen LogP contribution is -2.07. The molecule has 23 heavy (non-hydrogen) atoms. The van der Waals surface area contributed by atoms with Crippen molar-refractivity contribution >= 4 is 28.3 Å². The highest BCUT2D eigenvalue weighted by atomic mass is 32.1. The van der Waals surface area contributed by atoms with Gasteiger partial charge < -0.3 is 4.74 Å². The standard InChI is InChI=1S/C17H18N2O3S/c1-11(2)9-14(20)18-17-19-16(12-7-5-4-6-8-12)13(23-17)10-15(21)22-3/h4-9H,10H2,1-3H3,(H,18,19,20). The van der Waals surface area contributed by atoms with Crippen LogP contribution in [0.4, 0.5) is 5.13 Å². The Hall–Kier alpha value is -2.47. The zero-order chi connectivity index (χ0) is 16.8. The van der Waals surface area contributed by atoms with Crippen LogP contribution in [0.2, 0.25) is 0 Å². The maximum Gasteiger partial charge on any atom is 0.310 e. The van der Waals surface area contributed by atoms with E-state index in [1.807, 2.05) is 44.2 Å². The summed E-state index contributed by atoms with van der Waals surface area (Å²) in [5.74, 6) is -0.573. The van der Waals surface area contributed by atoms with Crippen molar-refractivity contribution in [3.8, 4) is 11.3 Å². The number of allylic oxidation sites excluding steroid dienone is 1. The number of methoxy groups -OCH3 is 1. The lowest BCUT2D eigenvalue weighted by Gasteiger charge is -2.01. The minimum atomic E-state index is -0.340. The summed E-state index contributed by atoms with van der Waals surface area (Å²) in [5, 5.41) is 3.20. The van der Waals surface area contributed by atoms with E-state index in [1.54, 1.807) is 0 Å². The molecule has 0 saturated carbocycles. The number of benzene rings is 1. The van der Waals surface area contributed by atoms with E-state index in [1.165, 1.54) is 24.5 Å². The summed E-state index contributed by atoms with van der Waals surface area (Å²) in [7, 11) is 1.35. The number of carbonyl (C=O) groups is 2. The van der Waals surface area contributed by atoms with Crippen molar-refractivity contribution in [1.82, 2.24) is 4.98 Å². The molecule has 1 heterocycles. The topological polar surface area (TPSA) is 68.3 Å². The third-order valence-electron chi connectivity index (χ3n) is 2.93. The molecule has 0 atom stereocenters. The van der Waals surface area contributed by atoms with Crippen LogP contribution in [0.5, 0.6) is 0 Å². The van der Waals surface area contributed by atoms with E-state index < -0.39 is 0 Å². The predicted octanol–water partition coefficient (Wildman–Crippen LogP) is 3.43. The molecule has 0 aliphatic heterocycles. The van der Waals surface area contributed by atoms with Gasteiger partial charge in [0.05, 0.1) is 19.2 Å². The van der Waals surface area contributed by atoms with Gasteiger partial charge in [0.1, 0.15) is 0 Å². The number of nitrogens with one attached hydrogen (secondary N) is 1. The zero-order valence-corrected chi connectivity index (χ0v) is 14.1. The number of amides is 1. The Morgan fingerprint density at radius 2 is 1.96 bits per heavy atom. The van der Waals surface area contributed by atoms with Gasteiger partial charge in [-0.1, -0.05) is 35.9 Å². The molecule has 1 N–H and O–H groups in total. The lowest BCUT2D eigenvalue weighted by molar-refractivity contribution is -0.139. The number of thiazole rings is 1. The van der Waals surface area contributed by atoms with Crippen molar-refractivity contribution in [2.45, 2.75) is 20.3 Å². The van der Waals surface area contributed by atoms with Crippen LogP contribution in [0.3, 0.4) is 0 Å². The minimum Gasteiger partial charge on any atom is -0.469 e. The molecule has 6 heteroatoms. The molecule has 5 nitrogen and oxygen atoms in total. The van der Waals surface area contributed by atoms with E-state index in [0.29, 0.717) is 10.8 Å². The Balaban J connectivity index is 2.34. The average molecular weight is 330 g/mol. The molecule has 0 aliphatic carbocycles. The number of hydrogen-bond acceptors (Lipinski definition) is 5. The van der Waals surface area contributed by atoms with Crippen molar-refractivity contribution in [2.75, 3.05) is 12.4 Å². The summed E-state index contributed by atoms with van der Waals surface area (Å²) in [5.41, 5.74) is 2.48. The minimum absolute atomic E-state index is 0.122. The number of nitrogens with zero attached hydrogens (tertiary/aromatic N) is 1. The van der Waals surface area contributed by atoms with E-state index >= 15 is 0 Å². The number of ether oxygens (including phenoxy) is 1. The van der Waals surface area contributed by atoms with Gasteiger partial charge in [-0.05, 0) is 13.8 Å². The number of hydrogen-bond donors (Lipinski definition) is 1. The highest BCUT2D eigenvalue weighted by Crippen LogP contribution is 2.31. The van der Waals surface area contributed by atoms with Crippen LogP contribution < -0.4 is 5.32 Å². The Morgan fingerprint density at radius 3 is 2.57 bits per heavy atom. The smallest absolute Gasteiger partial charge is 0.310 e. The van der Waals surface area contributed by atoms with E-state index in [4.69, 9.17) is 4.74 Å². The molecular formula is C17H18N2O3S. The van der Waals surface area contributed by atoms with Gasteiger partial charge in [0.25, 0.3) is 0 Å². The van der Waals surface area contributed by atoms with Crippen molar-refractivity contribution in [3.63, 3.8) is 0 Å². The Morgan fingerprint density at radius 1 is 1.26 bits per heavy atom. The first-order valence-electron chi connectivity index (χ1n) is 7.07. The molecule has 0 radical (unpaired) electrons. The van der Waals surface area contributed by atoms with Crippen molar-refractivity contribution in [2.24, 2.45) is 0 Å². The van der Waals surface area contributed by atoms with Crippen LogP contribution in [0, 0.1) is 0 Å².